The summed E-state index contributed by atoms with van der Waals surface area (Å²) in [5.74, 6) is 0. The standard InChI is InChI=1S/C10H15ClN4/c1-7(4-10(3,13)6-12)15-5-9(11)8(2)14-15/h5,7H,4,13H2,1-3H3. The molecular formula is C10H15ClN4. The molecule has 0 aliphatic rings. The lowest BCUT2D eigenvalue weighted by Crippen LogP contribution is -2.36. The molecule has 2 N–H and O–H groups in total. The Kier molecular flexibility index (Phi) is 3.38. The van der Waals surface area contributed by atoms with Crippen LogP contribution in [-0.2, 0) is 0 Å². The first kappa shape index (κ1) is 12.0. The van der Waals surface area contributed by atoms with E-state index in [1.54, 1.807) is 17.8 Å². The molecule has 0 bridgehead atoms. The lowest BCUT2D eigenvalue weighted by atomic mass is 9.97. The van der Waals surface area contributed by atoms with Crippen molar-refractivity contribution in [2.75, 3.05) is 0 Å². The van der Waals surface area contributed by atoms with Crippen molar-refractivity contribution in [3.63, 3.8) is 0 Å². The molecule has 0 spiro atoms. The van der Waals surface area contributed by atoms with Crippen LogP contribution < -0.4 is 5.73 Å². The maximum absolute atomic E-state index is 8.82. The van der Waals surface area contributed by atoms with Gasteiger partial charge in [-0.2, -0.15) is 10.4 Å². The van der Waals surface area contributed by atoms with Gasteiger partial charge in [-0.05, 0) is 20.8 Å². The maximum Gasteiger partial charge on any atom is 0.103 e. The summed E-state index contributed by atoms with van der Waals surface area (Å²) >= 11 is 5.90. The molecule has 0 saturated heterocycles. The topological polar surface area (TPSA) is 67.6 Å². The number of aromatic nitrogens is 2. The summed E-state index contributed by atoms with van der Waals surface area (Å²) in [7, 11) is 0. The van der Waals surface area contributed by atoms with E-state index in [0.717, 1.165) is 5.69 Å². The van der Waals surface area contributed by atoms with E-state index in [1.165, 1.54) is 0 Å². The minimum atomic E-state index is -0.828. The van der Waals surface area contributed by atoms with E-state index in [9.17, 15) is 0 Å². The van der Waals surface area contributed by atoms with E-state index in [1.807, 2.05) is 13.8 Å². The van der Waals surface area contributed by atoms with Crippen LogP contribution in [0.5, 0.6) is 0 Å². The molecule has 0 saturated carbocycles. The largest absolute Gasteiger partial charge is 0.314 e. The summed E-state index contributed by atoms with van der Waals surface area (Å²) in [5.41, 5.74) is 5.73. The fraction of sp³-hybridized carbons (Fsp3) is 0.600. The molecule has 2 unspecified atom stereocenters. The van der Waals surface area contributed by atoms with Gasteiger partial charge in [0.2, 0.25) is 0 Å². The minimum Gasteiger partial charge on any atom is -0.314 e. The molecular weight excluding hydrogens is 212 g/mol. The van der Waals surface area contributed by atoms with Crippen LogP contribution in [0.15, 0.2) is 6.20 Å². The molecule has 15 heavy (non-hydrogen) atoms. The van der Waals surface area contributed by atoms with Gasteiger partial charge in [0.15, 0.2) is 0 Å². The van der Waals surface area contributed by atoms with Crippen molar-refractivity contribution < 1.29 is 0 Å². The lowest BCUT2D eigenvalue weighted by Gasteiger charge is -2.20. The highest BCUT2D eigenvalue weighted by Gasteiger charge is 2.22. The molecule has 0 fully saturated rings. The molecule has 0 aliphatic heterocycles. The molecule has 1 heterocycles. The molecule has 0 aromatic carbocycles. The zero-order valence-corrected chi connectivity index (χ0v) is 9.91. The van der Waals surface area contributed by atoms with Gasteiger partial charge in [0.1, 0.15) is 5.54 Å². The molecule has 82 valence electrons. The number of hydrogen-bond donors (Lipinski definition) is 1. The van der Waals surface area contributed by atoms with Crippen LogP contribution in [0.3, 0.4) is 0 Å². The number of nitrogens with zero attached hydrogens (tertiary/aromatic N) is 3. The molecule has 2 atom stereocenters. The van der Waals surface area contributed by atoms with E-state index in [-0.39, 0.29) is 6.04 Å². The third kappa shape index (κ3) is 2.95. The summed E-state index contributed by atoms with van der Waals surface area (Å²) in [6, 6.07) is 2.13. The Morgan fingerprint density at radius 2 is 2.40 bits per heavy atom. The zero-order chi connectivity index (χ0) is 11.6. The van der Waals surface area contributed by atoms with E-state index >= 15 is 0 Å². The average molecular weight is 227 g/mol. The number of aryl methyl sites for hydroxylation is 1. The fourth-order valence-electron chi connectivity index (χ4n) is 1.44. The summed E-state index contributed by atoms with van der Waals surface area (Å²) in [5, 5.41) is 13.7. The number of nitrogens with two attached hydrogens (primary N) is 1. The first-order chi connectivity index (χ1) is 6.85. The monoisotopic (exact) mass is 226 g/mol. The van der Waals surface area contributed by atoms with Gasteiger partial charge in [0, 0.05) is 12.6 Å². The molecule has 0 radical (unpaired) electrons. The SMILES string of the molecule is Cc1nn(C(C)CC(C)(N)C#N)cc1Cl. The summed E-state index contributed by atoms with van der Waals surface area (Å²) in [6.07, 6.45) is 2.30. The third-order valence-corrected chi connectivity index (χ3v) is 2.65. The smallest absolute Gasteiger partial charge is 0.103 e. The second-order valence-electron chi connectivity index (χ2n) is 4.12. The second kappa shape index (κ2) is 4.21. The summed E-state index contributed by atoms with van der Waals surface area (Å²) in [6.45, 7) is 5.52. The highest BCUT2D eigenvalue weighted by Crippen LogP contribution is 2.21. The lowest BCUT2D eigenvalue weighted by molar-refractivity contribution is 0.385. The fourth-order valence-corrected chi connectivity index (χ4v) is 1.58. The van der Waals surface area contributed by atoms with Crippen molar-refractivity contribution >= 4 is 11.6 Å². The number of rotatable bonds is 3. The van der Waals surface area contributed by atoms with Crippen molar-refractivity contribution in [2.24, 2.45) is 5.73 Å². The number of halogens is 1. The highest BCUT2D eigenvalue weighted by atomic mass is 35.5. The van der Waals surface area contributed by atoms with Crippen LogP contribution in [0, 0.1) is 18.3 Å². The predicted molar refractivity (Wildman–Crippen MR) is 59.5 cm³/mol. The van der Waals surface area contributed by atoms with Crippen molar-refractivity contribution in [2.45, 2.75) is 38.8 Å². The summed E-state index contributed by atoms with van der Waals surface area (Å²) in [4.78, 5) is 0. The first-order valence-electron chi connectivity index (χ1n) is 4.77. The van der Waals surface area contributed by atoms with Crippen LogP contribution in [0.1, 0.15) is 32.0 Å². The zero-order valence-electron chi connectivity index (χ0n) is 9.16. The average Bonchev–Trinajstić information content (AvgIpc) is 2.47. The number of hydrogen-bond acceptors (Lipinski definition) is 3. The van der Waals surface area contributed by atoms with Crippen LogP contribution >= 0.6 is 11.6 Å². The van der Waals surface area contributed by atoms with Crippen LogP contribution in [0.2, 0.25) is 5.02 Å². The van der Waals surface area contributed by atoms with Crippen molar-refractivity contribution in [3.8, 4) is 6.07 Å². The van der Waals surface area contributed by atoms with Gasteiger partial charge in [-0.25, -0.2) is 0 Å². The Balaban J connectivity index is 2.78. The Hall–Kier alpha value is -1.05. The van der Waals surface area contributed by atoms with Crippen LogP contribution in [0.25, 0.3) is 0 Å². The van der Waals surface area contributed by atoms with Crippen LogP contribution in [-0.4, -0.2) is 15.3 Å². The summed E-state index contributed by atoms with van der Waals surface area (Å²) < 4.78 is 1.75. The van der Waals surface area contributed by atoms with Crippen molar-refractivity contribution in [1.82, 2.24) is 9.78 Å². The van der Waals surface area contributed by atoms with Gasteiger partial charge in [-0.15, -0.1) is 0 Å². The molecule has 1 aromatic heterocycles. The molecule has 5 heteroatoms. The molecule has 0 amide bonds. The van der Waals surface area contributed by atoms with E-state index in [2.05, 4.69) is 11.2 Å². The van der Waals surface area contributed by atoms with Gasteiger partial charge in [0.25, 0.3) is 0 Å². The Labute approximate surface area is 94.6 Å². The van der Waals surface area contributed by atoms with E-state index in [4.69, 9.17) is 22.6 Å². The maximum atomic E-state index is 8.82. The molecule has 1 rings (SSSR count). The van der Waals surface area contributed by atoms with Gasteiger partial charge in [-0.3, -0.25) is 4.68 Å². The van der Waals surface area contributed by atoms with Gasteiger partial charge in [-0.1, -0.05) is 11.6 Å². The Morgan fingerprint density at radius 3 is 2.80 bits per heavy atom. The Morgan fingerprint density at radius 1 is 1.80 bits per heavy atom. The highest BCUT2D eigenvalue weighted by molar-refractivity contribution is 6.31. The quantitative estimate of drug-likeness (QED) is 0.858. The van der Waals surface area contributed by atoms with E-state index < -0.39 is 5.54 Å². The van der Waals surface area contributed by atoms with Crippen molar-refractivity contribution in [1.29, 1.82) is 5.26 Å². The number of nitriles is 1. The van der Waals surface area contributed by atoms with Gasteiger partial charge < -0.3 is 5.73 Å². The normalized spacial score (nSPS) is 16.8. The predicted octanol–water partition coefficient (Wildman–Crippen LogP) is 2.04. The Bertz CT molecular complexity index is 369. The molecule has 1 aromatic rings. The second-order valence-corrected chi connectivity index (χ2v) is 4.53. The van der Waals surface area contributed by atoms with Crippen LogP contribution in [0.4, 0.5) is 0 Å². The minimum absolute atomic E-state index is 0.0610. The third-order valence-electron chi connectivity index (χ3n) is 2.28. The van der Waals surface area contributed by atoms with Crippen molar-refractivity contribution in [3.05, 3.63) is 16.9 Å². The van der Waals surface area contributed by atoms with E-state index in [0.29, 0.717) is 11.4 Å². The molecule has 0 aliphatic carbocycles. The van der Waals surface area contributed by atoms with Gasteiger partial charge >= 0.3 is 0 Å². The molecule has 4 nitrogen and oxygen atoms in total. The van der Waals surface area contributed by atoms with Gasteiger partial charge in [0.05, 0.1) is 22.8 Å². The first-order valence-corrected chi connectivity index (χ1v) is 5.15.